The molecule has 1 unspecified atom stereocenters. The van der Waals surface area contributed by atoms with Gasteiger partial charge in [-0.15, -0.1) is 6.58 Å². The molecule has 2 heterocycles. The van der Waals surface area contributed by atoms with Crippen LogP contribution in [0.25, 0.3) is 0 Å². The summed E-state index contributed by atoms with van der Waals surface area (Å²) < 4.78 is 21.4. The molecule has 0 fully saturated rings. The molecule has 0 amide bonds. The van der Waals surface area contributed by atoms with Crippen LogP contribution in [0.5, 0.6) is 0 Å². The SMILES string of the molecule is C=CCN1C(N)=C(C(=O)OCCCC)C2(C(=O)OC(CC(=O)OCC)=C2C(=O)OCC)c2ccccc21. The average Bonchev–Trinajstić information content (AvgIpc) is 3.13. The summed E-state index contributed by atoms with van der Waals surface area (Å²) in [6.07, 6.45) is 2.41. The first-order valence-electron chi connectivity index (χ1n) is 12.2. The Morgan fingerprint density at radius 3 is 2.38 bits per heavy atom. The lowest BCUT2D eigenvalue weighted by Crippen LogP contribution is -2.50. The molecule has 0 saturated heterocycles. The lowest BCUT2D eigenvalue weighted by atomic mass is 9.66. The van der Waals surface area contributed by atoms with Crippen molar-refractivity contribution in [3.8, 4) is 0 Å². The molecule has 2 aliphatic heterocycles. The van der Waals surface area contributed by atoms with E-state index in [1.165, 1.54) is 0 Å². The zero-order valence-corrected chi connectivity index (χ0v) is 21.3. The van der Waals surface area contributed by atoms with Gasteiger partial charge < -0.3 is 29.6 Å². The molecular weight excluding hydrogens is 480 g/mol. The summed E-state index contributed by atoms with van der Waals surface area (Å²) in [4.78, 5) is 54.9. The fourth-order valence-electron chi connectivity index (χ4n) is 4.54. The molecule has 1 spiro atoms. The number of nitrogens with two attached hydrogens (primary N) is 1. The molecule has 37 heavy (non-hydrogen) atoms. The van der Waals surface area contributed by atoms with Crippen LogP contribution in [0.2, 0.25) is 0 Å². The number of carbonyl (C=O) groups excluding carboxylic acids is 4. The number of hydrogen-bond donors (Lipinski definition) is 1. The summed E-state index contributed by atoms with van der Waals surface area (Å²) in [6, 6.07) is 6.69. The van der Waals surface area contributed by atoms with Gasteiger partial charge in [0.2, 0.25) is 0 Å². The van der Waals surface area contributed by atoms with E-state index in [0.717, 1.165) is 6.42 Å². The molecule has 1 aromatic carbocycles. The van der Waals surface area contributed by atoms with Crippen LogP contribution >= 0.6 is 0 Å². The van der Waals surface area contributed by atoms with Gasteiger partial charge in [-0.25, -0.2) is 14.4 Å². The van der Waals surface area contributed by atoms with E-state index in [1.807, 2.05) is 6.92 Å². The van der Waals surface area contributed by atoms with Crippen LogP contribution in [0.3, 0.4) is 0 Å². The van der Waals surface area contributed by atoms with E-state index in [1.54, 1.807) is 49.1 Å². The van der Waals surface area contributed by atoms with Crippen LogP contribution in [0.4, 0.5) is 5.69 Å². The van der Waals surface area contributed by atoms with Crippen molar-refractivity contribution >= 4 is 29.6 Å². The number of esters is 4. The number of carbonyl (C=O) groups is 4. The van der Waals surface area contributed by atoms with Crippen molar-refractivity contribution < 1.29 is 38.1 Å². The maximum atomic E-state index is 13.9. The topological polar surface area (TPSA) is 134 Å². The van der Waals surface area contributed by atoms with E-state index < -0.39 is 35.7 Å². The summed E-state index contributed by atoms with van der Waals surface area (Å²) in [6.45, 7) is 9.25. The van der Waals surface area contributed by atoms with E-state index in [2.05, 4.69) is 6.58 Å². The minimum atomic E-state index is -2.12. The van der Waals surface area contributed by atoms with Crippen LogP contribution in [0, 0.1) is 0 Å². The molecule has 0 radical (unpaired) electrons. The molecule has 2 N–H and O–H groups in total. The molecule has 198 valence electrons. The second kappa shape index (κ2) is 11.8. The Labute approximate surface area is 215 Å². The van der Waals surface area contributed by atoms with E-state index >= 15 is 0 Å². The second-order valence-electron chi connectivity index (χ2n) is 8.31. The molecule has 0 bridgehead atoms. The third kappa shape index (κ3) is 4.83. The minimum absolute atomic E-state index is 0.0288. The first-order chi connectivity index (χ1) is 17.8. The van der Waals surface area contributed by atoms with Crippen molar-refractivity contribution in [1.82, 2.24) is 0 Å². The quantitative estimate of drug-likeness (QED) is 0.204. The van der Waals surface area contributed by atoms with Crippen LogP contribution in [-0.2, 0) is 43.5 Å². The number of fused-ring (bicyclic) bond motifs is 2. The molecule has 2 aliphatic rings. The van der Waals surface area contributed by atoms with E-state index in [4.69, 9.17) is 24.7 Å². The standard InChI is InChI=1S/C27H32N2O8/c1-5-9-15-36-25(32)22-23(28)29(14-6-2)18-13-11-10-12-17(18)27(22)21(24(31)35-8-4)19(37-26(27)33)16-20(30)34-7-3/h6,10-13H,2,5,7-9,14-16,28H2,1,3-4H3. The molecule has 3 rings (SSSR count). The van der Waals surface area contributed by atoms with Gasteiger partial charge in [0.25, 0.3) is 0 Å². The summed E-state index contributed by atoms with van der Waals surface area (Å²) in [5.41, 5.74) is 4.58. The Hall–Kier alpha value is -4.08. The third-order valence-corrected chi connectivity index (χ3v) is 6.03. The van der Waals surface area contributed by atoms with Gasteiger partial charge in [-0.2, -0.15) is 0 Å². The summed E-state index contributed by atoms with van der Waals surface area (Å²) in [7, 11) is 0. The van der Waals surface area contributed by atoms with Gasteiger partial charge in [0.1, 0.15) is 29.1 Å². The van der Waals surface area contributed by atoms with Crippen LogP contribution in [-0.4, -0.2) is 50.2 Å². The van der Waals surface area contributed by atoms with Crippen molar-refractivity contribution in [2.75, 3.05) is 31.3 Å². The fourth-order valence-corrected chi connectivity index (χ4v) is 4.54. The Morgan fingerprint density at radius 1 is 1.05 bits per heavy atom. The smallest absolute Gasteiger partial charge is 0.339 e. The van der Waals surface area contributed by atoms with Crippen LogP contribution in [0.1, 0.15) is 45.6 Å². The number of unbranched alkanes of at least 4 members (excludes halogenated alkanes) is 1. The highest BCUT2D eigenvalue weighted by Crippen LogP contribution is 2.54. The molecule has 0 saturated carbocycles. The predicted molar refractivity (Wildman–Crippen MR) is 134 cm³/mol. The number of hydrogen-bond acceptors (Lipinski definition) is 10. The highest BCUT2D eigenvalue weighted by molar-refractivity contribution is 6.16. The maximum absolute atomic E-state index is 13.9. The lowest BCUT2D eigenvalue weighted by Gasteiger charge is -2.41. The first kappa shape index (κ1) is 27.5. The molecule has 1 atom stereocenters. The number of anilines is 1. The van der Waals surface area contributed by atoms with Gasteiger partial charge >= 0.3 is 23.9 Å². The van der Waals surface area contributed by atoms with Crippen molar-refractivity contribution in [2.24, 2.45) is 5.73 Å². The molecule has 10 heteroatoms. The number of benzene rings is 1. The van der Waals surface area contributed by atoms with Crippen molar-refractivity contribution in [3.63, 3.8) is 0 Å². The van der Waals surface area contributed by atoms with Gasteiger partial charge in [-0.1, -0.05) is 37.6 Å². The van der Waals surface area contributed by atoms with Crippen molar-refractivity contribution in [3.05, 3.63) is 65.2 Å². The minimum Gasteiger partial charge on any atom is -0.466 e. The molecule has 0 aliphatic carbocycles. The number of ether oxygens (including phenoxy) is 4. The number of para-hydroxylation sites is 1. The molecule has 1 aromatic rings. The molecular formula is C27H32N2O8. The second-order valence-corrected chi connectivity index (χ2v) is 8.31. The number of nitrogens with zero attached hydrogens (tertiary/aromatic N) is 1. The summed E-state index contributed by atoms with van der Waals surface area (Å²) in [5.74, 6) is -3.86. The van der Waals surface area contributed by atoms with Crippen molar-refractivity contribution in [1.29, 1.82) is 0 Å². The largest absolute Gasteiger partial charge is 0.466 e. The normalized spacial score (nSPS) is 18.5. The van der Waals surface area contributed by atoms with E-state index in [0.29, 0.717) is 12.1 Å². The molecule has 10 nitrogen and oxygen atoms in total. The zero-order chi connectivity index (χ0) is 27.2. The van der Waals surface area contributed by atoms with Gasteiger partial charge in [-0.05, 0) is 26.3 Å². The predicted octanol–water partition coefficient (Wildman–Crippen LogP) is 2.77. The summed E-state index contributed by atoms with van der Waals surface area (Å²) >= 11 is 0. The highest BCUT2D eigenvalue weighted by Gasteiger charge is 2.64. The Balaban J connectivity index is 2.39. The van der Waals surface area contributed by atoms with Gasteiger partial charge in [-0.3, -0.25) is 4.79 Å². The van der Waals surface area contributed by atoms with E-state index in [-0.39, 0.29) is 54.7 Å². The lowest BCUT2D eigenvalue weighted by molar-refractivity contribution is -0.148. The third-order valence-electron chi connectivity index (χ3n) is 6.03. The van der Waals surface area contributed by atoms with Crippen LogP contribution in [0.15, 0.2) is 59.6 Å². The van der Waals surface area contributed by atoms with Gasteiger partial charge in [0.05, 0.1) is 19.8 Å². The van der Waals surface area contributed by atoms with Gasteiger partial charge in [0.15, 0.2) is 5.41 Å². The Morgan fingerprint density at radius 2 is 1.73 bits per heavy atom. The maximum Gasteiger partial charge on any atom is 0.339 e. The zero-order valence-electron chi connectivity index (χ0n) is 21.3. The average molecular weight is 513 g/mol. The Bertz CT molecular complexity index is 1170. The Kier molecular flexibility index (Phi) is 8.75. The number of rotatable bonds is 11. The summed E-state index contributed by atoms with van der Waals surface area (Å²) in [5, 5.41) is 0. The fraction of sp³-hybridized carbons (Fsp3) is 0.407. The van der Waals surface area contributed by atoms with Gasteiger partial charge in [0, 0.05) is 17.8 Å². The van der Waals surface area contributed by atoms with Crippen LogP contribution < -0.4 is 10.6 Å². The van der Waals surface area contributed by atoms with E-state index in [9.17, 15) is 19.2 Å². The van der Waals surface area contributed by atoms with Crippen molar-refractivity contribution in [2.45, 2.75) is 45.4 Å². The molecule has 0 aromatic heterocycles. The number of cyclic esters (lactones) is 1. The highest BCUT2D eigenvalue weighted by atomic mass is 16.6. The first-order valence-corrected chi connectivity index (χ1v) is 12.2. The monoisotopic (exact) mass is 512 g/mol.